The van der Waals surface area contributed by atoms with Crippen LogP contribution in [0.2, 0.25) is 0 Å². The summed E-state index contributed by atoms with van der Waals surface area (Å²) in [5.74, 6) is -2.45. The molecule has 0 unspecified atom stereocenters. The van der Waals surface area contributed by atoms with Crippen LogP contribution in [-0.2, 0) is 9.59 Å². The quantitative estimate of drug-likeness (QED) is 0.465. The molecule has 102 valence electrons. The Balaban J connectivity index is 3.06. The molecule has 0 aliphatic carbocycles. The number of carboxylic acid groups (broad SMARTS) is 1. The van der Waals surface area contributed by atoms with Crippen molar-refractivity contribution in [2.45, 2.75) is 0 Å². The summed E-state index contributed by atoms with van der Waals surface area (Å²) in [6.45, 7) is 0. The lowest BCUT2D eigenvalue weighted by Crippen LogP contribution is -2.12. The highest BCUT2D eigenvalue weighted by molar-refractivity contribution is 9.09. The minimum absolute atomic E-state index is 0.0123. The van der Waals surface area contributed by atoms with Crippen molar-refractivity contribution < 1.29 is 29.0 Å². The molecule has 6 nitrogen and oxygen atoms in total. The van der Waals surface area contributed by atoms with E-state index in [4.69, 9.17) is 14.6 Å². The molecule has 0 amide bonds. The van der Waals surface area contributed by atoms with Crippen LogP contribution in [0, 0.1) is 0 Å². The van der Waals surface area contributed by atoms with E-state index < -0.39 is 17.9 Å². The number of hydrogen-bond acceptors (Lipinski definition) is 5. The maximum atomic E-state index is 11.1. The number of rotatable bonds is 5. The Morgan fingerprint density at radius 3 is 1.68 bits per heavy atom. The summed E-state index contributed by atoms with van der Waals surface area (Å²) in [6, 6.07) is 3.58. The number of ether oxygens (including phenoxy) is 2. The summed E-state index contributed by atoms with van der Waals surface area (Å²) in [5.41, 5.74) is -0.155. The standard InChI is InChI=1S/C11H8Br2O6/c12-4-9(14)18-7-1-6(11(16)17)2-8(3-7)19-10(15)5-13/h1-3H,4-5H2,(H,16,17). The van der Waals surface area contributed by atoms with Crippen molar-refractivity contribution in [3.8, 4) is 11.5 Å². The molecular weight excluding hydrogens is 388 g/mol. The van der Waals surface area contributed by atoms with E-state index in [-0.39, 0.29) is 27.7 Å². The van der Waals surface area contributed by atoms with E-state index in [0.717, 1.165) is 12.1 Å². The molecule has 8 heteroatoms. The number of esters is 2. The Morgan fingerprint density at radius 2 is 1.37 bits per heavy atom. The van der Waals surface area contributed by atoms with E-state index >= 15 is 0 Å². The monoisotopic (exact) mass is 394 g/mol. The van der Waals surface area contributed by atoms with Crippen molar-refractivity contribution in [2.24, 2.45) is 0 Å². The van der Waals surface area contributed by atoms with E-state index in [1.165, 1.54) is 6.07 Å². The molecule has 0 radical (unpaired) electrons. The van der Waals surface area contributed by atoms with Crippen molar-refractivity contribution in [2.75, 3.05) is 10.7 Å². The zero-order chi connectivity index (χ0) is 14.4. The smallest absolute Gasteiger partial charge is 0.335 e. The Bertz CT molecular complexity index is 478. The number of hydrogen-bond donors (Lipinski definition) is 1. The number of aromatic carboxylic acids is 1. The maximum Gasteiger partial charge on any atom is 0.335 e. The van der Waals surface area contributed by atoms with Gasteiger partial charge in [-0.15, -0.1) is 0 Å². The molecule has 0 saturated carbocycles. The van der Waals surface area contributed by atoms with Crippen LogP contribution in [0.25, 0.3) is 0 Å². The second-order valence-corrected chi connectivity index (χ2v) is 4.34. The van der Waals surface area contributed by atoms with Crippen molar-refractivity contribution in [1.29, 1.82) is 0 Å². The largest absolute Gasteiger partial charge is 0.478 e. The Morgan fingerprint density at radius 1 is 0.947 bits per heavy atom. The second-order valence-electron chi connectivity index (χ2n) is 3.21. The van der Waals surface area contributed by atoms with E-state index in [0.29, 0.717) is 0 Å². The Kier molecular flexibility index (Phi) is 5.97. The molecule has 0 fully saturated rings. The van der Waals surface area contributed by atoms with E-state index in [2.05, 4.69) is 31.9 Å². The number of carbonyl (C=O) groups excluding carboxylic acids is 2. The molecule has 19 heavy (non-hydrogen) atoms. The van der Waals surface area contributed by atoms with Crippen LogP contribution in [0.1, 0.15) is 10.4 Å². The van der Waals surface area contributed by atoms with Gasteiger partial charge in [-0.2, -0.15) is 0 Å². The lowest BCUT2D eigenvalue weighted by Gasteiger charge is -2.07. The molecule has 0 aliphatic heterocycles. The summed E-state index contributed by atoms with van der Waals surface area (Å²) in [4.78, 5) is 33.2. The SMILES string of the molecule is O=C(CBr)Oc1cc(OC(=O)CBr)cc(C(=O)O)c1. The van der Waals surface area contributed by atoms with Gasteiger partial charge in [-0.05, 0) is 12.1 Å². The molecule has 1 rings (SSSR count). The molecule has 1 aromatic rings. The second kappa shape index (κ2) is 7.25. The minimum Gasteiger partial charge on any atom is -0.478 e. The van der Waals surface area contributed by atoms with Crippen LogP contribution in [0.3, 0.4) is 0 Å². The lowest BCUT2D eigenvalue weighted by molar-refractivity contribution is -0.131. The maximum absolute atomic E-state index is 11.1. The topological polar surface area (TPSA) is 89.9 Å². The summed E-state index contributed by atoms with van der Waals surface area (Å²) >= 11 is 5.81. The van der Waals surface area contributed by atoms with Gasteiger partial charge in [0.15, 0.2) is 0 Å². The van der Waals surface area contributed by atoms with Gasteiger partial charge in [0.2, 0.25) is 0 Å². The van der Waals surface area contributed by atoms with Gasteiger partial charge in [-0.3, -0.25) is 9.59 Å². The van der Waals surface area contributed by atoms with Gasteiger partial charge >= 0.3 is 17.9 Å². The number of alkyl halides is 2. The van der Waals surface area contributed by atoms with E-state index in [1.54, 1.807) is 0 Å². The van der Waals surface area contributed by atoms with Crippen molar-refractivity contribution >= 4 is 49.8 Å². The molecule has 1 N–H and O–H groups in total. The van der Waals surface area contributed by atoms with Crippen LogP contribution in [-0.4, -0.2) is 33.7 Å². The normalized spacial score (nSPS) is 9.79. The summed E-state index contributed by atoms with van der Waals surface area (Å²) in [5, 5.41) is 8.84. The molecule has 0 spiro atoms. The zero-order valence-corrected chi connectivity index (χ0v) is 12.6. The molecule has 0 bridgehead atoms. The van der Waals surface area contributed by atoms with E-state index in [1.807, 2.05) is 0 Å². The van der Waals surface area contributed by atoms with Crippen LogP contribution < -0.4 is 9.47 Å². The Hall–Kier alpha value is -1.41. The van der Waals surface area contributed by atoms with Gasteiger partial charge in [0.05, 0.1) is 5.56 Å². The third-order valence-electron chi connectivity index (χ3n) is 1.81. The highest BCUT2D eigenvalue weighted by Gasteiger charge is 2.13. The van der Waals surface area contributed by atoms with Crippen LogP contribution in [0.4, 0.5) is 0 Å². The first kappa shape index (κ1) is 15.6. The number of carbonyl (C=O) groups is 3. The first-order chi connectivity index (χ1) is 8.96. The summed E-state index contributed by atoms with van der Waals surface area (Å²) < 4.78 is 9.72. The van der Waals surface area contributed by atoms with Gasteiger partial charge in [0.25, 0.3) is 0 Å². The van der Waals surface area contributed by atoms with Crippen molar-refractivity contribution in [3.63, 3.8) is 0 Å². The third kappa shape index (κ3) is 4.99. The van der Waals surface area contributed by atoms with E-state index in [9.17, 15) is 14.4 Å². The fraction of sp³-hybridized carbons (Fsp3) is 0.182. The molecule has 1 aromatic carbocycles. The van der Waals surface area contributed by atoms with Crippen LogP contribution >= 0.6 is 31.9 Å². The van der Waals surface area contributed by atoms with Gasteiger partial charge < -0.3 is 14.6 Å². The van der Waals surface area contributed by atoms with Crippen LogP contribution in [0.5, 0.6) is 11.5 Å². The predicted molar refractivity (Wildman–Crippen MR) is 72.3 cm³/mol. The average molecular weight is 396 g/mol. The Labute approximate surface area is 124 Å². The van der Waals surface area contributed by atoms with Gasteiger partial charge in [0, 0.05) is 6.07 Å². The lowest BCUT2D eigenvalue weighted by atomic mass is 10.2. The van der Waals surface area contributed by atoms with Crippen LogP contribution in [0.15, 0.2) is 18.2 Å². The highest BCUT2D eigenvalue weighted by atomic mass is 79.9. The summed E-state index contributed by atoms with van der Waals surface area (Å²) in [6.07, 6.45) is 0. The minimum atomic E-state index is -1.23. The first-order valence-electron chi connectivity index (χ1n) is 4.88. The van der Waals surface area contributed by atoms with Gasteiger partial charge in [0.1, 0.15) is 22.2 Å². The number of halogens is 2. The third-order valence-corrected chi connectivity index (χ3v) is 2.72. The fourth-order valence-electron chi connectivity index (χ4n) is 1.13. The number of benzene rings is 1. The highest BCUT2D eigenvalue weighted by Crippen LogP contribution is 2.23. The average Bonchev–Trinajstić information content (AvgIpc) is 2.37. The molecule has 0 aliphatic rings. The molecular formula is C11H8Br2O6. The molecule has 0 heterocycles. The first-order valence-corrected chi connectivity index (χ1v) is 7.12. The fourth-order valence-corrected chi connectivity index (χ4v) is 1.36. The van der Waals surface area contributed by atoms with Gasteiger partial charge in [-0.1, -0.05) is 31.9 Å². The van der Waals surface area contributed by atoms with Crippen molar-refractivity contribution in [1.82, 2.24) is 0 Å². The molecule has 0 atom stereocenters. The summed E-state index contributed by atoms with van der Waals surface area (Å²) in [7, 11) is 0. The molecule has 0 saturated heterocycles. The van der Waals surface area contributed by atoms with Crippen molar-refractivity contribution in [3.05, 3.63) is 23.8 Å². The predicted octanol–water partition coefficient (Wildman–Crippen LogP) is 1.99. The van der Waals surface area contributed by atoms with Gasteiger partial charge in [-0.25, -0.2) is 4.79 Å². The zero-order valence-electron chi connectivity index (χ0n) is 9.39. The number of carboxylic acids is 1. The molecule has 0 aromatic heterocycles.